The highest BCUT2D eigenvalue weighted by Crippen LogP contribution is 2.47. The first-order valence-corrected chi connectivity index (χ1v) is 17.2. The fraction of sp³-hybridized carbons (Fsp3) is 0.545. The van der Waals surface area contributed by atoms with Crippen LogP contribution in [0.15, 0.2) is 42.5 Å². The Morgan fingerprint density at radius 1 is 0.953 bits per heavy atom. The monoisotopic (exact) mass is 607 g/mol. The van der Waals surface area contributed by atoms with Gasteiger partial charge in [0.2, 0.25) is 0 Å². The van der Waals surface area contributed by atoms with Crippen LogP contribution < -0.4 is 9.46 Å². The van der Waals surface area contributed by atoms with Gasteiger partial charge in [-0.1, -0.05) is 37.5 Å². The average Bonchev–Trinajstić information content (AvgIpc) is 3.29. The molecule has 1 atom stereocenters. The van der Waals surface area contributed by atoms with Gasteiger partial charge < -0.3 is 9.30 Å². The predicted molar refractivity (Wildman–Crippen MR) is 171 cm³/mol. The lowest BCUT2D eigenvalue weighted by Gasteiger charge is -2.35. The van der Waals surface area contributed by atoms with E-state index < -0.39 is 16.1 Å². The van der Waals surface area contributed by atoms with Crippen LogP contribution >= 0.6 is 0 Å². The number of aromatic nitrogens is 1. The molecule has 9 nitrogen and oxygen atoms in total. The molecule has 0 spiro atoms. The number of hydrogen-bond donors (Lipinski definition) is 1. The quantitative estimate of drug-likeness (QED) is 0.456. The zero-order valence-corrected chi connectivity index (χ0v) is 26.7. The maximum Gasteiger partial charge on any atom is 0.303 e. The molecule has 10 heteroatoms. The summed E-state index contributed by atoms with van der Waals surface area (Å²) in [6.07, 6.45) is 5.95. The van der Waals surface area contributed by atoms with Gasteiger partial charge >= 0.3 is 10.2 Å². The molecule has 4 bridgehead atoms. The van der Waals surface area contributed by atoms with E-state index in [1.807, 2.05) is 18.2 Å². The zero-order chi connectivity index (χ0) is 30.3. The van der Waals surface area contributed by atoms with Crippen molar-refractivity contribution in [1.82, 2.24) is 23.4 Å². The summed E-state index contributed by atoms with van der Waals surface area (Å²) in [6, 6.07) is 14.4. The summed E-state index contributed by atoms with van der Waals surface area (Å²) in [5.41, 5.74) is 4.89. The summed E-state index contributed by atoms with van der Waals surface area (Å²) in [7, 11) is -0.321. The highest BCUT2D eigenvalue weighted by Gasteiger charge is 2.32. The van der Waals surface area contributed by atoms with Crippen LogP contribution in [-0.2, 0) is 16.8 Å². The van der Waals surface area contributed by atoms with Crippen molar-refractivity contribution in [2.75, 3.05) is 46.9 Å². The lowest BCUT2D eigenvalue weighted by molar-refractivity contribution is 0.0978. The van der Waals surface area contributed by atoms with Crippen molar-refractivity contribution in [2.24, 2.45) is 0 Å². The van der Waals surface area contributed by atoms with E-state index in [0.29, 0.717) is 31.2 Å². The van der Waals surface area contributed by atoms with Gasteiger partial charge in [-0.2, -0.15) is 12.7 Å². The molecule has 1 aliphatic carbocycles. The lowest BCUT2D eigenvalue weighted by Crippen LogP contribution is -2.48. The Bertz CT molecular complexity index is 1590. The van der Waals surface area contributed by atoms with Crippen LogP contribution in [-0.4, -0.2) is 92.0 Å². The van der Waals surface area contributed by atoms with Gasteiger partial charge in [-0.05, 0) is 69.5 Å². The van der Waals surface area contributed by atoms with Crippen LogP contribution in [0.1, 0.15) is 67.8 Å². The Morgan fingerprint density at radius 2 is 1.70 bits per heavy atom. The molecule has 43 heavy (non-hydrogen) atoms. The molecule has 232 valence electrons. The van der Waals surface area contributed by atoms with Gasteiger partial charge in [-0.3, -0.25) is 14.6 Å². The van der Waals surface area contributed by atoms with Crippen LogP contribution in [0.5, 0.6) is 5.75 Å². The Balaban J connectivity index is 1.56. The van der Waals surface area contributed by atoms with Crippen molar-refractivity contribution >= 4 is 27.0 Å². The number of fused-ring (bicyclic) bond motifs is 4. The molecule has 1 fully saturated rings. The first-order chi connectivity index (χ1) is 20.6. The van der Waals surface area contributed by atoms with Gasteiger partial charge in [0.05, 0.1) is 11.7 Å². The van der Waals surface area contributed by atoms with Gasteiger partial charge in [0.25, 0.3) is 5.91 Å². The third kappa shape index (κ3) is 5.94. The second kappa shape index (κ2) is 12.2. The molecule has 0 unspecified atom stereocenters. The number of para-hydroxylation sites is 1. The number of benzene rings is 2. The van der Waals surface area contributed by atoms with E-state index in [1.54, 1.807) is 6.07 Å². The first kappa shape index (κ1) is 30.1. The second-order valence-electron chi connectivity index (χ2n) is 12.8. The molecule has 1 N–H and O–H groups in total. The summed E-state index contributed by atoms with van der Waals surface area (Å²) in [5, 5.41) is 1.14. The molecular weight excluding hydrogens is 562 g/mol. The van der Waals surface area contributed by atoms with Crippen molar-refractivity contribution in [2.45, 2.75) is 70.5 Å². The third-order valence-electron chi connectivity index (χ3n) is 9.77. The van der Waals surface area contributed by atoms with E-state index in [4.69, 9.17) is 4.74 Å². The topological polar surface area (TPSA) is 87.1 Å². The van der Waals surface area contributed by atoms with Crippen LogP contribution in [0.3, 0.4) is 0 Å². The maximum atomic E-state index is 13.5. The predicted octanol–water partition coefficient (Wildman–Crippen LogP) is 4.68. The minimum atomic E-state index is -4.00. The lowest BCUT2D eigenvalue weighted by atomic mass is 9.81. The summed E-state index contributed by atoms with van der Waals surface area (Å²) < 4.78 is 38.9. The molecule has 1 amide bonds. The molecule has 2 aliphatic heterocycles. The van der Waals surface area contributed by atoms with Gasteiger partial charge in [0.1, 0.15) is 12.4 Å². The molecule has 1 aromatic heterocycles. The highest BCUT2D eigenvalue weighted by molar-refractivity contribution is 7.87. The third-order valence-corrected chi connectivity index (χ3v) is 11.2. The number of likely N-dealkylation sites (N-methyl/N-ethyl adjacent to an activating group) is 2. The molecule has 0 radical (unpaired) electrons. The van der Waals surface area contributed by atoms with Crippen molar-refractivity contribution in [1.29, 1.82) is 0 Å². The number of carbonyl (C=O) groups is 1. The fourth-order valence-electron chi connectivity index (χ4n) is 7.05. The van der Waals surface area contributed by atoms with E-state index >= 15 is 0 Å². The van der Waals surface area contributed by atoms with Crippen LogP contribution in [0.2, 0.25) is 0 Å². The first-order valence-electron chi connectivity index (χ1n) is 15.7. The molecule has 3 heterocycles. The van der Waals surface area contributed by atoms with Crippen molar-refractivity contribution < 1.29 is 17.9 Å². The highest BCUT2D eigenvalue weighted by atomic mass is 32.2. The van der Waals surface area contributed by atoms with Gasteiger partial charge in [0, 0.05) is 67.8 Å². The Kier molecular flexibility index (Phi) is 8.56. The van der Waals surface area contributed by atoms with Gasteiger partial charge in [-0.25, -0.2) is 4.72 Å². The van der Waals surface area contributed by atoms with E-state index in [9.17, 15) is 13.2 Å². The number of rotatable bonds is 2. The number of ether oxygens (including phenoxy) is 1. The van der Waals surface area contributed by atoms with Crippen LogP contribution in [0, 0.1) is 0 Å². The van der Waals surface area contributed by atoms with Gasteiger partial charge in [-0.15, -0.1) is 0 Å². The standard InChI is InChI=1S/C33H45N5O4S/c1-23(2)37-18-16-35(3)26-21-38-29-20-25(33(39)34-43(40,41)36(4)17-19-37)14-15-27(29)31(24-10-6-5-7-11-24)32(38)28-12-8-9-13-30(28)42-22-26/h8-9,12-15,20,23-24,26H,5-7,10-11,16-19,21-22H2,1-4H3,(H,34,39)/t26-/m1/s1. The maximum absolute atomic E-state index is 13.5. The van der Waals surface area contributed by atoms with Crippen molar-refractivity contribution in [3.8, 4) is 17.0 Å². The van der Waals surface area contributed by atoms with E-state index in [0.717, 1.165) is 48.1 Å². The molecule has 6 rings (SSSR count). The molecule has 2 aromatic carbocycles. The van der Waals surface area contributed by atoms with Gasteiger partial charge in [0.15, 0.2) is 0 Å². The summed E-state index contributed by atoms with van der Waals surface area (Å²) in [5.74, 6) is 0.685. The minimum absolute atomic E-state index is 0.101. The van der Waals surface area contributed by atoms with Crippen LogP contribution in [0.4, 0.5) is 0 Å². The normalized spacial score (nSPS) is 23.2. The Labute approximate surface area is 256 Å². The summed E-state index contributed by atoms with van der Waals surface area (Å²) >= 11 is 0. The fourth-order valence-corrected chi connectivity index (χ4v) is 7.88. The molecule has 3 aliphatic rings. The second-order valence-corrected chi connectivity index (χ2v) is 14.5. The van der Waals surface area contributed by atoms with Crippen molar-refractivity contribution in [3.63, 3.8) is 0 Å². The van der Waals surface area contributed by atoms with Crippen LogP contribution in [0.25, 0.3) is 22.2 Å². The molecule has 1 saturated carbocycles. The average molecular weight is 608 g/mol. The largest absolute Gasteiger partial charge is 0.491 e. The van der Waals surface area contributed by atoms with E-state index in [2.05, 4.69) is 58.2 Å². The minimum Gasteiger partial charge on any atom is -0.491 e. The van der Waals surface area contributed by atoms with E-state index in [1.165, 1.54) is 41.9 Å². The molecular formula is C33H45N5O4S. The summed E-state index contributed by atoms with van der Waals surface area (Å²) in [4.78, 5) is 18.1. The molecule has 3 aromatic rings. The smallest absolute Gasteiger partial charge is 0.303 e. The summed E-state index contributed by atoms with van der Waals surface area (Å²) in [6.45, 7) is 7.97. The van der Waals surface area contributed by atoms with E-state index in [-0.39, 0.29) is 18.6 Å². The number of amides is 1. The Morgan fingerprint density at radius 3 is 2.47 bits per heavy atom. The number of nitrogens with one attached hydrogen (secondary N) is 1. The number of nitrogens with zero attached hydrogens (tertiary/aromatic N) is 4. The number of hydrogen-bond acceptors (Lipinski definition) is 6. The zero-order valence-electron chi connectivity index (χ0n) is 25.9. The molecule has 0 saturated heterocycles. The Hall–Kier alpha value is -2.92. The van der Waals surface area contributed by atoms with Crippen molar-refractivity contribution in [3.05, 3.63) is 53.6 Å². The number of carbonyl (C=O) groups excluding carboxylic acids is 1. The SMILES string of the molecule is CC(C)N1CCN(C)[C@H]2COc3ccccc3-c3c(C4CCCCC4)c4ccc(cc4n3C2)C(=O)NS(=O)(=O)N(C)CC1.